The van der Waals surface area contributed by atoms with Gasteiger partial charge in [-0.25, -0.2) is 0 Å². The quantitative estimate of drug-likeness (QED) is 0.894. The summed E-state index contributed by atoms with van der Waals surface area (Å²) in [5.74, 6) is 0. The maximum atomic E-state index is 5.92. The summed E-state index contributed by atoms with van der Waals surface area (Å²) in [6.07, 6.45) is 1.13. The summed E-state index contributed by atoms with van der Waals surface area (Å²) < 4.78 is 1.14. The molecule has 0 spiro atoms. The van der Waals surface area contributed by atoms with E-state index in [-0.39, 0.29) is 0 Å². The summed E-state index contributed by atoms with van der Waals surface area (Å²) >= 11 is 3.45. The molecule has 1 heterocycles. The van der Waals surface area contributed by atoms with Gasteiger partial charge in [0.1, 0.15) is 0 Å². The van der Waals surface area contributed by atoms with Crippen LogP contribution in [0, 0.1) is 0 Å². The van der Waals surface area contributed by atoms with Gasteiger partial charge in [0.05, 0.1) is 0 Å². The van der Waals surface area contributed by atoms with Crippen molar-refractivity contribution in [3.05, 3.63) is 34.3 Å². The highest BCUT2D eigenvalue weighted by atomic mass is 79.9. The molecule has 1 fully saturated rings. The number of rotatable bonds is 2. The van der Waals surface area contributed by atoms with Crippen LogP contribution in [0.2, 0.25) is 0 Å². The Morgan fingerprint density at radius 3 is 2.60 bits per heavy atom. The normalized spacial score (nSPS) is 24.3. The van der Waals surface area contributed by atoms with E-state index in [1.165, 1.54) is 5.56 Å². The number of benzene rings is 1. The fourth-order valence-electron chi connectivity index (χ4n) is 2.12. The standard InChI is InChI=1S/C12H17BrN2/c1-9(15-7-6-12(14)8-15)10-2-4-11(13)5-3-10/h2-5,9,12H,6-8,14H2,1H3/t9?,12-/m0/s1. The molecule has 1 saturated heterocycles. The number of likely N-dealkylation sites (tertiary alicyclic amines) is 1. The van der Waals surface area contributed by atoms with Crippen LogP contribution in [0.5, 0.6) is 0 Å². The minimum absolute atomic E-state index is 0.364. The topological polar surface area (TPSA) is 29.3 Å². The maximum absolute atomic E-state index is 5.92. The molecule has 0 amide bonds. The molecule has 0 bridgehead atoms. The molecule has 2 rings (SSSR count). The molecule has 2 nitrogen and oxygen atoms in total. The van der Waals surface area contributed by atoms with E-state index in [4.69, 9.17) is 5.73 Å². The highest BCUT2D eigenvalue weighted by Gasteiger charge is 2.23. The van der Waals surface area contributed by atoms with Gasteiger partial charge in [-0.2, -0.15) is 0 Å². The lowest BCUT2D eigenvalue weighted by Crippen LogP contribution is -2.28. The number of hydrogen-bond acceptors (Lipinski definition) is 2. The Kier molecular flexibility index (Phi) is 3.44. The Morgan fingerprint density at radius 2 is 2.07 bits per heavy atom. The van der Waals surface area contributed by atoms with E-state index in [0.29, 0.717) is 12.1 Å². The number of hydrogen-bond donors (Lipinski definition) is 1. The van der Waals surface area contributed by atoms with Crippen molar-refractivity contribution in [1.82, 2.24) is 4.90 Å². The van der Waals surface area contributed by atoms with Crippen molar-refractivity contribution in [3.8, 4) is 0 Å². The molecular weight excluding hydrogens is 252 g/mol. The van der Waals surface area contributed by atoms with Crippen LogP contribution < -0.4 is 5.73 Å². The molecule has 1 aromatic rings. The number of nitrogens with zero attached hydrogens (tertiary/aromatic N) is 1. The Balaban J connectivity index is 2.07. The van der Waals surface area contributed by atoms with E-state index in [1.807, 2.05) is 0 Å². The second-order valence-corrected chi connectivity index (χ2v) is 5.19. The molecule has 82 valence electrons. The molecule has 0 saturated carbocycles. The van der Waals surface area contributed by atoms with Crippen molar-refractivity contribution in [2.45, 2.75) is 25.4 Å². The van der Waals surface area contributed by atoms with Crippen LogP contribution in [0.25, 0.3) is 0 Å². The van der Waals surface area contributed by atoms with E-state index < -0.39 is 0 Å². The van der Waals surface area contributed by atoms with Gasteiger partial charge in [-0.15, -0.1) is 0 Å². The molecule has 0 radical (unpaired) electrons. The van der Waals surface area contributed by atoms with E-state index >= 15 is 0 Å². The van der Waals surface area contributed by atoms with Crippen LogP contribution in [-0.2, 0) is 0 Å². The van der Waals surface area contributed by atoms with E-state index in [2.05, 4.69) is 52.0 Å². The van der Waals surface area contributed by atoms with Crippen LogP contribution in [0.1, 0.15) is 24.9 Å². The first-order valence-electron chi connectivity index (χ1n) is 5.42. The molecule has 1 aliphatic rings. The summed E-state index contributed by atoms with van der Waals surface area (Å²) in [5.41, 5.74) is 7.28. The third-order valence-corrected chi connectivity index (χ3v) is 3.68. The van der Waals surface area contributed by atoms with E-state index in [1.54, 1.807) is 0 Å². The Labute approximate surface area is 99.6 Å². The molecular formula is C12H17BrN2. The van der Waals surface area contributed by atoms with Gasteiger partial charge < -0.3 is 5.73 Å². The van der Waals surface area contributed by atoms with Crippen molar-refractivity contribution < 1.29 is 0 Å². The maximum Gasteiger partial charge on any atom is 0.0320 e. The van der Waals surface area contributed by atoms with E-state index in [9.17, 15) is 0 Å². The zero-order valence-electron chi connectivity index (χ0n) is 8.99. The molecule has 2 N–H and O–H groups in total. The van der Waals surface area contributed by atoms with Gasteiger partial charge in [-0.1, -0.05) is 28.1 Å². The lowest BCUT2D eigenvalue weighted by atomic mass is 10.1. The van der Waals surface area contributed by atoms with Crippen molar-refractivity contribution in [1.29, 1.82) is 0 Å². The summed E-state index contributed by atoms with van der Waals surface area (Å²) in [6.45, 7) is 4.40. The average molecular weight is 269 g/mol. The molecule has 0 aliphatic carbocycles. The Bertz CT molecular complexity index is 323. The summed E-state index contributed by atoms with van der Waals surface area (Å²) in [6, 6.07) is 9.40. The van der Waals surface area contributed by atoms with Crippen molar-refractivity contribution in [3.63, 3.8) is 0 Å². The largest absolute Gasteiger partial charge is 0.326 e. The third-order valence-electron chi connectivity index (χ3n) is 3.16. The number of halogens is 1. The summed E-state index contributed by atoms with van der Waals surface area (Å²) in [5, 5.41) is 0. The highest BCUT2D eigenvalue weighted by Crippen LogP contribution is 2.25. The van der Waals surface area contributed by atoms with Gasteiger partial charge in [0.25, 0.3) is 0 Å². The van der Waals surface area contributed by atoms with Crippen LogP contribution in [0.4, 0.5) is 0 Å². The zero-order valence-corrected chi connectivity index (χ0v) is 10.6. The minimum Gasteiger partial charge on any atom is -0.326 e. The highest BCUT2D eigenvalue weighted by molar-refractivity contribution is 9.10. The predicted octanol–water partition coefficient (Wildman–Crippen LogP) is 2.54. The predicted molar refractivity (Wildman–Crippen MR) is 66.7 cm³/mol. The smallest absolute Gasteiger partial charge is 0.0320 e. The fourth-order valence-corrected chi connectivity index (χ4v) is 2.38. The monoisotopic (exact) mass is 268 g/mol. The third kappa shape index (κ3) is 2.60. The van der Waals surface area contributed by atoms with Crippen LogP contribution >= 0.6 is 15.9 Å². The lowest BCUT2D eigenvalue weighted by Gasteiger charge is -2.24. The van der Waals surface area contributed by atoms with Crippen LogP contribution in [-0.4, -0.2) is 24.0 Å². The second kappa shape index (κ2) is 4.64. The van der Waals surface area contributed by atoms with Gasteiger partial charge in [0.15, 0.2) is 0 Å². The summed E-state index contributed by atoms with van der Waals surface area (Å²) in [4.78, 5) is 2.45. The van der Waals surface area contributed by atoms with Crippen LogP contribution in [0.3, 0.4) is 0 Å². The lowest BCUT2D eigenvalue weighted by molar-refractivity contribution is 0.260. The molecule has 1 aromatic carbocycles. The molecule has 0 aromatic heterocycles. The van der Waals surface area contributed by atoms with Gasteiger partial charge in [-0.05, 0) is 31.0 Å². The van der Waals surface area contributed by atoms with Gasteiger partial charge in [0.2, 0.25) is 0 Å². The van der Waals surface area contributed by atoms with Gasteiger partial charge in [0, 0.05) is 29.6 Å². The van der Waals surface area contributed by atoms with Crippen LogP contribution in [0.15, 0.2) is 28.7 Å². The minimum atomic E-state index is 0.364. The fraction of sp³-hybridized carbons (Fsp3) is 0.500. The SMILES string of the molecule is CC(c1ccc(Br)cc1)N1CC[C@H](N)C1. The van der Waals surface area contributed by atoms with Crippen molar-refractivity contribution in [2.75, 3.05) is 13.1 Å². The molecule has 3 heteroatoms. The zero-order chi connectivity index (χ0) is 10.8. The molecule has 1 unspecified atom stereocenters. The first-order valence-corrected chi connectivity index (χ1v) is 6.21. The first kappa shape index (κ1) is 11.1. The van der Waals surface area contributed by atoms with Gasteiger partial charge >= 0.3 is 0 Å². The van der Waals surface area contributed by atoms with Crippen molar-refractivity contribution >= 4 is 15.9 Å². The van der Waals surface area contributed by atoms with Gasteiger partial charge in [-0.3, -0.25) is 4.90 Å². The van der Waals surface area contributed by atoms with Crippen molar-refractivity contribution in [2.24, 2.45) is 5.73 Å². The van der Waals surface area contributed by atoms with E-state index in [0.717, 1.165) is 24.0 Å². The molecule has 2 atom stereocenters. The summed E-state index contributed by atoms with van der Waals surface area (Å²) in [7, 11) is 0. The number of nitrogens with two attached hydrogens (primary N) is 1. The second-order valence-electron chi connectivity index (χ2n) is 4.27. The first-order chi connectivity index (χ1) is 7.16. The molecule has 1 aliphatic heterocycles. The Hall–Kier alpha value is -0.380. The Morgan fingerprint density at radius 1 is 1.40 bits per heavy atom. The molecule has 15 heavy (non-hydrogen) atoms. The average Bonchev–Trinajstić information content (AvgIpc) is 2.65.